The van der Waals surface area contributed by atoms with Crippen LogP contribution in [-0.4, -0.2) is 65.9 Å². The van der Waals surface area contributed by atoms with Gasteiger partial charge in [0, 0.05) is 54.5 Å². The van der Waals surface area contributed by atoms with Crippen molar-refractivity contribution < 1.29 is 23.4 Å². The second-order valence-electron chi connectivity index (χ2n) is 13.0. The van der Waals surface area contributed by atoms with Gasteiger partial charge in [-0.2, -0.15) is 15.2 Å². The van der Waals surface area contributed by atoms with Gasteiger partial charge in [0.05, 0.1) is 24.9 Å². The monoisotopic (exact) mass is 613 g/mol. The van der Waals surface area contributed by atoms with E-state index in [0.717, 1.165) is 12.8 Å². The molecule has 3 atom stereocenters. The van der Waals surface area contributed by atoms with Crippen molar-refractivity contribution in [3.05, 3.63) is 59.3 Å². The number of carbonyl (C=O) groups excluding carboxylic acids is 1. The molecule has 0 saturated carbocycles. The van der Waals surface area contributed by atoms with Crippen LogP contribution < -0.4 is 9.47 Å². The van der Waals surface area contributed by atoms with Gasteiger partial charge in [-0.1, -0.05) is 6.07 Å². The Hall–Kier alpha value is -4.79. The van der Waals surface area contributed by atoms with Crippen molar-refractivity contribution in [2.45, 2.75) is 90.1 Å². The smallest absolute Gasteiger partial charge is 0.410 e. The highest BCUT2D eigenvalue weighted by atomic mass is 19.1. The SMILES string of the molecule is COc1nc(C)c2nc(-c3cncc(C#N)c3)n(Cc3ccc(OC4(C)C[C@H]5CC[C@@H](C4)N5C(=O)OC(C)(C)C)cc3F)c2n1. The van der Waals surface area contributed by atoms with Crippen molar-refractivity contribution in [2.24, 2.45) is 0 Å². The first-order chi connectivity index (χ1) is 21.4. The summed E-state index contributed by atoms with van der Waals surface area (Å²) in [6.07, 6.45) is 5.83. The van der Waals surface area contributed by atoms with Crippen molar-refractivity contribution in [2.75, 3.05) is 7.11 Å². The topological polar surface area (TPSA) is 128 Å². The van der Waals surface area contributed by atoms with Crippen LogP contribution in [0.4, 0.5) is 9.18 Å². The highest BCUT2D eigenvalue weighted by Gasteiger charge is 2.50. The van der Waals surface area contributed by atoms with E-state index in [1.807, 2.05) is 32.6 Å². The molecule has 0 aliphatic carbocycles. The Morgan fingerprint density at radius 1 is 1.13 bits per heavy atom. The van der Waals surface area contributed by atoms with E-state index < -0.39 is 17.0 Å². The molecule has 2 aliphatic heterocycles. The van der Waals surface area contributed by atoms with E-state index in [2.05, 4.69) is 21.0 Å². The van der Waals surface area contributed by atoms with Crippen molar-refractivity contribution in [1.82, 2.24) is 29.4 Å². The first kappa shape index (κ1) is 30.2. The second-order valence-corrected chi connectivity index (χ2v) is 13.0. The molecule has 1 unspecified atom stereocenters. The quantitative estimate of drug-likeness (QED) is 0.259. The molecule has 5 heterocycles. The number of aryl methyl sites for hydroxylation is 1. The fraction of sp³-hybridized carbons (Fsp3) is 0.455. The number of rotatable bonds is 6. The maximum Gasteiger partial charge on any atom is 0.410 e. The van der Waals surface area contributed by atoms with Crippen LogP contribution in [0.2, 0.25) is 0 Å². The number of aromatic nitrogens is 5. The van der Waals surface area contributed by atoms with Gasteiger partial charge in [-0.05, 0) is 59.6 Å². The zero-order valence-corrected chi connectivity index (χ0v) is 26.3. The minimum Gasteiger partial charge on any atom is -0.487 e. The van der Waals surface area contributed by atoms with E-state index in [0.29, 0.717) is 58.0 Å². The van der Waals surface area contributed by atoms with Crippen molar-refractivity contribution >= 4 is 17.3 Å². The van der Waals surface area contributed by atoms with Crippen molar-refractivity contribution in [3.8, 4) is 29.2 Å². The fourth-order valence-corrected chi connectivity index (χ4v) is 6.51. The number of hydrogen-bond acceptors (Lipinski definition) is 9. The molecule has 2 aliphatic rings. The number of methoxy groups -OCH3 is 1. The van der Waals surface area contributed by atoms with Crippen LogP contribution in [0.25, 0.3) is 22.6 Å². The van der Waals surface area contributed by atoms with Gasteiger partial charge >= 0.3 is 12.1 Å². The first-order valence-electron chi connectivity index (χ1n) is 15.0. The second kappa shape index (κ2) is 11.3. The largest absolute Gasteiger partial charge is 0.487 e. The molecule has 3 aromatic heterocycles. The molecule has 0 radical (unpaired) electrons. The number of nitrogens with zero attached hydrogens (tertiary/aromatic N) is 7. The van der Waals surface area contributed by atoms with Gasteiger partial charge in [-0.3, -0.25) is 4.98 Å². The molecule has 1 amide bonds. The molecule has 1 aromatic carbocycles. The van der Waals surface area contributed by atoms with Crippen LogP contribution in [0.1, 0.15) is 70.2 Å². The number of hydrogen-bond donors (Lipinski definition) is 0. The maximum atomic E-state index is 15.8. The number of nitriles is 1. The van der Waals surface area contributed by atoms with Crippen LogP contribution in [0.3, 0.4) is 0 Å². The molecule has 11 nitrogen and oxygen atoms in total. The van der Waals surface area contributed by atoms with E-state index in [1.165, 1.54) is 19.4 Å². The summed E-state index contributed by atoms with van der Waals surface area (Å²) in [6.45, 7) is 9.53. The number of halogens is 1. The number of fused-ring (bicyclic) bond motifs is 3. The van der Waals surface area contributed by atoms with E-state index in [1.54, 1.807) is 35.9 Å². The Balaban J connectivity index is 1.27. The Labute approximate surface area is 261 Å². The summed E-state index contributed by atoms with van der Waals surface area (Å²) in [5.41, 5.74) is 1.84. The molecule has 45 heavy (non-hydrogen) atoms. The van der Waals surface area contributed by atoms with Gasteiger partial charge in [-0.15, -0.1) is 0 Å². The van der Waals surface area contributed by atoms with Gasteiger partial charge in [0.25, 0.3) is 0 Å². The number of pyridine rings is 1. The van der Waals surface area contributed by atoms with E-state index in [-0.39, 0.29) is 30.7 Å². The van der Waals surface area contributed by atoms with Crippen molar-refractivity contribution in [3.63, 3.8) is 0 Å². The number of benzene rings is 1. The molecule has 6 rings (SSSR count). The maximum absolute atomic E-state index is 15.8. The third-order valence-corrected chi connectivity index (χ3v) is 8.33. The van der Waals surface area contributed by atoms with Crippen molar-refractivity contribution in [1.29, 1.82) is 5.26 Å². The van der Waals surface area contributed by atoms with Gasteiger partial charge in [0.1, 0.15) is 40.2 Å². The van der Waals surface area contributed by atoms with Crippen LogP contribution in [-0.2, 0) is 11.3 Å². The average molecular weight is 614 g/mol. The summed E-state index contributed by atoms with van der Waals surface area (Å²) in [5, 5.41) is 9.43. The number of piperidine rings is 1. The molecule has 2 saturated heterocycles. The van der Waals surface area contributed by atoms with Crippen LogP contribution in [0, 0.1) is 24.1 Å². The average Bonchev–Trinajstić information content (AvgIpc) is 3.49. The number of imidazole rings is 1. The fourth-order valence-electron chi connectivity index (χ4n) is 6.51. The van der Waals surface area contributed by atoms with E-state index in [9.17, 15) is 10.1 Å². The summed E-state index contributed by atoms with van der Waals surface area (Å²) in [7, 11) is 1.48. The Morgan fingerprint density at radius 3 is 2.51 bits per heavy atom. The lowest BCUT2D eigenvalue weighted by molar-refractivity contribution is -0.0364. The number of amides is 1. The molecule has 0 spiro atoms. The molecule has 2 fully saturated rings. The number of carbonyl (C=O) groups is 1. The third kappa shape index (κ3) is 5.99. The van der Waals surface area contributed by atoms with Crippen LogP contribution in [0.5, 0.6) is 11.8 Å². The third-order valence-electron chi connectivity index (χ3n) is 8.33. The summed E-state index contributed by atoms with van der Waals surface area (Å²) < 4.78 is 35.0. The van der Waals surface area contributed by atoms with Gasteiger partial charge < -0.3 is 23.7 Å². The van der Waals surface area contributed by atoms with E-state index >= 15 is 4.39 Å². The highest BCUT2D eigenvalue weighted by Crippen LogP contribution is 2.43. The molecule has 2 bridgehead atoms. The van der Waals surface area contributed by atoms with E-state index in [4.69, 9.17) is 19.2 Å². The molecule has 234 valence electrons. The Bertz CT molecular complexity index is 1810. The zero-order chi connectivity index (χ0) is 32.1. The predicted molar refractivity (Wildman–Crippen MR) is 163 cm³/mol. The minimum atomic E-state index is -0.563. The Kier molecular flexibility index (Phi) is 7.59. The summed E-state index contributed by atoms with van der Waals surface area (Å²) in [6, 6.07) is 8.84. The zero-order valence-electron chi connectivity index (χ0n) is 26.3. The minimum absolute atomic E-state index is 0.0112. The van der Waals surface area contributed by atoms with Gasteiger partial charge in [0.15, 0.2) is 5.65 Å². The van der Waals surface area contributed by atoms with Crippen LogP contribution >= 0.6 is 0 Å². The molecule has 0 N–H and O–H groups in total. The van der Waals surface area contributed by atoms with Gasteiger partial charge in [0.2, 0.25) is 0 Å². The molecule has 12 heteroatoms. The molecular weight excluding hydrogens is 577 g/mol. The predicted octanol–water partition coefficient (Wildman–Crippen LogP) is 5.96. The summed E-state index contributed by atoms with van der Waals surface area (Å²) >= 11 is 0. The molecular formula is C33H36FN7O4. The summed E-state index contributed by atoms with van der Waals surface area (Å²) in [4.78, 5) is 32.6. The lowest BCUT2D eigenvalue weighted by Crippen LogP contribution is -2.55. The van der Waals surface area contributed by atoms with Crippen LogP contribution in [0.15, 0.2) is 36.7 Å². The summed E-state index contributed by atoms with van der Waals surface area (Å²) in [5.74, 6) is 0.449. The van der Waals surface area contributed by atoms with Gasteiger partial charge in [-0.25, -0.2) is 14.2 Å². The number of ether oxygens (including phenoxy) is 3. The lowest BCUT2D eigenvalue weighted by Gasteiger charge is -2.44. The Morgan fingerprint density at radius 2 is 1.87 bits per heavy atom. The normalized spacial score (nSPS) is 21.1. The highest BCUT2D eigenvalue weighted by molar-refractivity contribution is 5.79. The standard InChI is InChI=1S/C33H36FN7O4/c1-19-27-29(39-30(37-19)43-6)40(28(38-27)22-11-20(15-35)16-36-17-22)18-21-7-10-25(12-26(21)34)44-33(5)13-23-8-9-24(14-33)41(23)31(42)45-32(2,3)4/h7,10-12,16-17,23-24H,8-9,13-14,18H2,1-6H3/t23-,24+,33?. The lowest BCUT2D eigenvalue weighted by atomic mass is 9.87. The first-order valence-corrected chi connectivity index (χ1v) is 15.0. The molecule has 4 aromatic rings.